The summed E-state index contributed by atoms with van der Waals surface area (Å²) in [5.74, 6) is 0.276. The number of aryl methyl sites for hydroxylation is 1. The zero-order valence-electron chi connectivity index (χ0n) is 15.0. The molecule has 4 aromatic rings. The van der Waals surface area contributed by atoms with E-state index in [2.05, 4.69) is 15.1 Å². The van der Waals surface area contributed by atoms with Gasteiger partial charge in [0.2, 0.25) is 0 Å². The Morgan fingerprint density at radius 2 is 1.89 bits per heavy atom. The molecular weight excluding hydrogens is 345 g/mol. The number of aromatic nitrogens is 4. The fraction of sp³-hybridized carbons (Fsp3) is 0.150. The maximum Gasteiger partial charge on any atom is 0.143 e. The van der Waals surface area contributed by atoms with E-state index in [4.69, 9.17) is 10.5 Å². The number of fused-ring (bicyclic) bond motifs is 1. The molecule has 0 radical (unpaired) electrons. The van der Waals surface area contributed by atoms with Gasteiger partial charge >= 0.3 is 0 Å². The topological polar surface area (TPSA) is 78.8 Å². The second kappa shape index (κ2) is 6.68. The van der Waals surface area contributed by atoms with Crippen molar-refractivity contribution in [2.45, 2.75) is 13.5 Å². The third-order valence-electron chi connectivity index (χ3n) is 4.45. The van der Waals surface area contributed by atoms with E-state index in [-0.39, 0.29) is 5.82 Å². The Morgan fingerprint density at radius 1 is 1.11 bits per heavy atom. The van der Waals surface area contributed by atoms with Crippen LogP contribution >= 0.6 is 0 Å². The third kappa shape index (κ3) is 2.97. The van der Waals surface area contributed by atoms with Gasteiger partial charge in [0, 0.05) is 35.3 Å². The first-order chi connectivity index (χ1) is 13.1. The SMILES string of the molecule is CCn1cc(-c2ncnc3cc(OC)c(N)cc23)c(-c2ccc(F)cc2)n1. The van der Waals surface area contributed by atoms with E-state index in [1.807, 2.05) is 17.8 Å². The van der Waals surface area contributed by atoms with E-state index in [1.54, 1.807) is 31.4 Å². The van der Waals surface area contributed by atoms with E-state index >= 15 is 0 Å². The molecule has 0 amide bonds. The Hall–Kier alpha value is -3.48. The number of hydrogen-bond donors (Lipinski definition) is 1. The molecule has 7 heteroatoms. The molecule has 0 fully saturated rings. The zero-order valence-corrected chi connectivity index (χ0v) is 15.0. The van der Waals surface area contributed by atoms with E-state index in [0.717, 1.165) is 27.7 Å². The summed E-state index contributed by atoms with van der Waals surface area (Å²) in [7, 11) is 1.57. The van der Waals surface area contributed by atoms with Crippen LogP contribution in [-0.4, -0.2) is 26.9 Å². The number of anilines is 1. The number of halogens is 1. The minimum absolute atomic E-state index is 0.289. The quantitative estimate of drug-likeness (QED) is 0.556. The Labute approximate surface area is 155 Å². The molecule has 0 aliphatic carbocycles. The lowest BCUT2D eigenvalue weighted by Gasteiger charge is -2.09. The normalized spacial score (nSPS) is 11.1. The van der Waals surface area contributed by atoms with Gasteiger partial charge in [-0.1, -0.05) is 0 Å². The third-order valence-corrected chi connectivity index (χ3v) is 4.45. The highest BCUT2D eigenvalue weighted by atomic mass is 19.1. The van der Waals surface area contributed by atoms with Crippen LogP contribution in [0.3, 0.4) is 0 Å². The van der Waals surface area contributed by atoms with Crippen molar-refractivity contribution in [2.75, 3.05) is 12.8 Å². The maximum absolute atomic E-state index is 13.3. The molecule has 4 rings (SSSR count). The molecular formula is C20H18FN5O. The summed E-state index contributed by atoms with van der Waals surface area (Å²) < 4.78 is 20.5. The molecule has 2 heterocycles. The number of nitrogens with zero attached hydrogens (tertiary/aromatic N) is 4. The Bertz CT molecular complexity index is 1120. The average molecular weight is 363 g/mol. The van der Waals surface area contributed by atoms with Crippen molar-refractivity contribution in [3.05, 3.63) is 54.7 Å². The molecule has 0 atom stereocenters. The Kier molecular flexibility index (Phi) is 4.19. The number of rotatable bonds is 4. The van der Waals surface area contributed by atoms with Crippen LogP contribution in [-0.2, 0) is 6.54 Å². The Balaban J connectivity index is 1.97. The summed E-state index contributed by atoms with van der Waals surface area (Å²) in [6.07, 6.45) is 3.44. The highest BCUT2D eigenvalue weighted by Gasteiger charge is 2.18. The highest BCUT2D eigenvalue weighted by molar-refractivity contribution is 5.98. The van der Waals surface area contributed by atoms with Crippen molar-refractivity contribution in [3.8, 4) is 28.3 Å². The lowest BCUT2D eigenvalue weighted by molar-refractivity contribution is 0.417. The summed E-state index contributed by atoms with van der Waals surface area (Å²) in [5, 5.41) is 5.45. The maximum atomic E-state index is 13.3. The van der Waals surface area contributed by atoms with Gasteiger partial charge in [-0.15, -0.1) is 0 Å². The van der Waals surface area contributed by atoms with Crippen LogP contribution in [0.4, 0.5) is 10.1 Å². The first-order valence-corrected chi connectivity index (χ1v) is 8.52. The van der Waals surface area contributed by atoms with Crippen LogP contribution in [0.2, 0.25) is 0 Å². The van der Waals surface area contributed by atoms with Crippen molar-refractivity contribution in [2.24, 2.45) is 0 Å². The number of ether oxygens (including phenoxy) is 1. The molecule has 0 saturated heterocycles. The molecule has 27 heavy (non-hydrogen) atoms. The van der Waals surface area contributed by atoms with E-state index in [0.29, 0.717) is 23.7 Å². The smallest absolute Gasteiger partial charge is 0.143 e. The summed E-state index contributed by atoms with van der Waals surface area (Å²) in [4.78, 5) is 8.82. The summed E-state index contributed by atoms with van der Waals surface area (Å²) >= 11 is 0. The molecule has 136 valence electrons. The second-order valence-electron chi connectivity index (χ2n) is 6.09. The second-order valence-corrected chi connectivity index (χ2v) is 6.09. The fourth-order valence-corrected chi connectivity index (χ4v) is 3.07. The zero-order chi connectivity index (χ0) is 19.0. The predicted octanol–water partition coefficient (Wildman–Crippen LogP) is 3.91. The lowest BCUT2D eigenvalue weighted by atomic mass is 10.0. The van der Waals surface area contributed by atoms with Crippen molar-refractivity contribution in [1.29, 1.82) is 0 Å². The number of nitrogens with two attached hydrogens (primary N) is 1. The largest absolute Gasteiger partial charge is 0.495 e. The van der Waals surface area contributed by atoms with Crippen LogP contribution < -0.4 is 10.5 Å². The first-order valence-electron chi connectivity index (χ1n) is 8.52. The van der Waals surface area contributed by atoms with Gasteiger partial charge in [0.15, 0.2) is 0 Å². The van der Waals surface area contributed by atoms with Crippen LogP contribution in [0.5, 0.6) is 5.75 Å². The van der Waals surface area contributed by atoms with Crippen molar-refractivity contribution in [3.63, 3.8) is 0 Å². The van der Waals surface area contributed by atoms with Gasteiger partial charge in [-0.05, 0) is 37.3 Å². The van der Waals surface area contributed by atoms with Gasteiger partial charge in [-0.25, -0.2) is 14.4 Å². The van der Waals surface area contributed by atoms with Gasteiger partial charge in [0.1, 0.15) is 23.6 Å². The molecule has 2 aromatic heterocycles. The van der Waals surface area contributed by atoms with Crippen LogP contribution in [0, 0.1) is 5.82 Å². The van der Waals surface area contributed by atoms with Crippen LogP contribution in [0.1, 0.15) is 6.92 Å². The van der Waals surface area contributed by atoms with Gasteiger partial charge in [0.25, 0.3) is 0 Å². The van der Waals surface area contributed by atoms with Crippen molar-refractivity contribution < 1.29 is 9.13 Å². The van der Waals surface area contributed by atoms with Crippen molar-refractivity contribution in [1.82, 2.24) is 19.7 Å². The van der Waals surface area contributed by atoms with Crippen LogP contribution in [0.25, 0.3) is 33.4 Å². The number of methoxy groups -OCH3 is 1. The molecule has 6 nitrogen and oxygen atoms in total. The molecule has 0 aliphatic heterocycles. The predicted molar refractivity (Wildman–Crippen MR) is 103 cm³/mol. The lowest BCUT2D eigenvalue weighted by Crippen LogP contribution is -1.96. The van der Waals surface area contributed by atoms with Gasteiger partial charge in [-0.2, -0.15) is 5.10 Å². The standard InChI is InChI=1S/C20H18FN5O/c1-3-26-10-15(19(25-26)12-4-6-13(21)7-5-12)20-14-8-16(22)18(27-2)9-17(14)23-11-24-20/h4-11H,3,22H2,1-2H3. The number of benzene rings is 2. The molecule has 2 aromatic carbocycles. The number of nitrogen functional groups attached to an aromatic ring is 1. The summed E-state index contributed by atoms with van der Waals surface area (Å²) in [6, 6.07) is 9.86. The average Bonchev–Trinajstić information content (AvgIpc) is 3.12. The monoisotopic (exact) mass is 363 g/mol. The molecule has 0 spiro atoms. The molecule has 2 N–H and O–H groups in total. The Morgan fingerprint density at radius 3 is 2.59 bits per heavy atom. The van der Waals surface area contributed by atoms with Gasteiger partial charge in [0.05, 0.1) is 24.0 Å². The number of hydrogen-bond acceptors (Lipinski definition) is 5. The first kappa shape index (κ1) is 17.0. The van der Waals surface area contributed by atoms with Gasteiger partial charge < -0.3 is 10.5 Å². The van der Waals surface area contributed by atoms with Gasteiger partial charge in [-0.3, -0.25) is 4.68 Å². The minimum atomic E-state index is -0.289. The van der Waals surface area contributed by atoms with E-state index in [9.17, 15) is 4.39 Å². The summed E-state index contributed by atoms with van der Waals surface area (Å²) in [5.41, 5.74) is 10.4. The van der Waals surface area contributed by atoms with E-state index < -0.39 is 0 Å². The highest BCUT2D eigenvalue weighted by Crippen LogP contribution is 2.36. The molecule has 0 saturated carbocycles. The summed E-state index contributed by atoms with van der Waals surface area (Å²) in [6.45, 7) is 2.71. The minimum Gasteiger partial charge on any atom is -0.495 e. The fourth-order valence-electron chi connectivity index (χ4n) is 3.07. The van der Waals surface area contributed by atoms with Crippen LogP contribution in [0.15, 0.2) is 48.9 Å². The van der Waals surface area contributed by atoms with E-state index in [1.165, 1.54) is 18.5 Å². The molecule has 0 unspecified atom stereocenters. The van der Waals surface area contributed by atoms with Crippen molar-refractivity contribution >= 4 is 16.6 Å². The molecule has 0 aliphatic rings. The molecule has 0 bridgehead atoms.